The number of alkyl halides is 3. The fourth-order valence-corrected chi connectivity index (χ4v) is 3.49. The van der Waals surface area contributed by atoms with Gasteiger partial charge in [0.15, 0.2) is 11.5 Å². The monoisotopic (exact) mass is 515 g/mol. The second kappa shape index (κ2) is 11.1. The van der Waals surface area contributed by atoms with Crippen LogP contribution >= 0.6 is 0 Å². The highest BCUT2D eigenvalue weighted by Crippen LogP contribution is 2.37. The van der Waals surface area contributed by atoms with Crippen LogP contribution in [0, 0.1) is 0 Å². The van der Waals surface area contributed by atoms with Gasteiger partial charge in [0.1, 0.15) is 23.7 Å². The Hall–Kier alpha value is -4.48. The van der Waals surface area contributed by atoms with Crippen molar-refractivity contribution in [1.29, 1.82) is 0 Å². The van der Waals surface area contributed by atoms with Gasteiger partial charge in [-0.15, -0.1) is 0 Å². The number of amides is 1. The Bertz CT molecular complexity index is 1310. The zero-order chi connectivity index (χ0) is 26.4. The van der Waals surface area contributed by atoms with Crippen LogP contribution in [0.3, 0.4) is 0 Å². The molecule has 1 aliphatic heterocycles. The van der Waals surface area contributed by atoms with E-state index in [0.717, 1.165) is 0 Å². The average Bonchev–Trinajstić information content (AvgIpc) is 2.87. The van der Waals surface area contributed by atoms with E-state index in [2.05, 4.69) is 25.9 Å². The second-order valence-corrected chi connectivity index (χ2v) is 7.78. The third kappa shape index (κ3) is 6.21. The van der Waals surface area contributed by atoms with Crippen LogP contribution < -0.4 is 30.2 Å². The second-order valence-electron chi connectivity index (χ2n) is 7.78. The molecule has 0 fully saturated rings. The van der Waals surface area contributed by atoms with Gasteiger partial charge < -0.3 is 30.2 Å². The topological polar surface area (TPSA) is 107 Å². The van der Waals surface area contributed by atoms with Crippen LogP contribution in [0.4, 0.5) is 36.3 Å². The highest BCUT2D eigenvalue weighted by atomic mass is 19.4. The smallest absolute Gasteiger partial charge is 0.421 e. The minimum atomic E-state index is -4.76. The van der Waals surface area contributed by atoms with Crippen molar-refractivity contribution in [2.45, 2.75) is 12.6 Å². The summed E-state index contributed by atoms with van der Waals surface area (Å²) in [5.41, 5.74) is -0.440. The lowest BCUT2D eigenvalue weighted by atomic mass is 10.1. The number of nitrogens with zero attached hydrogens (tertiary/aromatic N) is 2. The van der Waals surface area contributed by atoms with Crippen molar-refractivity contribution in [2.75, 3.05) is 38.0 Å². The molecule has 194 valence electrons. The number of carbonyl (C=O) groups excluding carboxylic acids is 1. The van der Waals surface area contributed by atoms with Crippen LogP contribution in [0.5, 0.6) is 17.2 Å². The lowest BCUT2D eigenvalue weighted by Gasteiger charge is -2.18. The normalized spacial score (nSPS) is 14.4. The summed E-state index contributed by atoms with van der Waals surface area (Å²) in [6.07, 6.45) is 0.173. The van der Waals surface area contributed by atoms with Gasteiger partial charge in [0, 0.05) is 31.1 Å². The number of anilines is 4. The standard InChI is InChI=1S/C25H24F3N5O4/c1-29-23(34)17-8-7-16-13-19(17)32-22-18(25(26,27)28)14-30-24(33-22)31-15-6-9-20(35-2)21(12-15)37-11-5-3-4-10-36-16/h3,5-9,12-14H,4,10-11H2,1-2H3,(H,29,34)(H2,30,31,32,33)/b5-3-. The van der Waals surface area contributed by atoms with Crippen LogP contribution in [0.15, 0.2) is 54.7 Å². The molecule has 0 atom stereocenters. The van der Waals surface area contributed by atoms with Crippen molar-refractivity contribution in [1.82, 2.24) is 15.3 Å². The van der Waals surface area contributed by atoms with Gasteiger partial charge in [-0.3, -0.25) is 4.79 Å². The minimum absolute atomic E-state index is 0.0868. The number of ether oxygens (including phenoxy) is 3. The summed E-state index contributed by atoms with van der Waals surface area (Å²) in [6.45, 7) is 0.555. The van der Waals surface area contributed by atoms with Crippen molar-refractivity contribution in [3.05, 3.63) is 65.9 Å². The van der Waals surface area contributed by atoms with Gasteiger partial charge in [0.25, 0.3) is 5.91 Å². The van der Waals surface area contributed by atoms with E-state index in [9.17, 15) is 18.0 Å². The largest absolute Gasteiger partial charge is 0.493 e. The number of nitrogens with one attached hydrogen (secondary N) is 3. The molecule has 4 rings (SSSR count). The molecular formula is C25H24F3N5O4. The van der Waals surface area contributed by atoms with E-state index in [1.54, 1.807) is 24.3 Å². The Labute approximate surface area is 210 Å². The maximum atomic E-state index is 13.8. The summed E-state index contributed by atoms with van der Waals surface area (Å²) in [7, 11) is 2.92. The molecule has 2 aromatic carbocycles. The van der Waals surface area contributed by atoms with E-state index in [1.807, 2.05) is 12.2 Å². The van der Waals surface area contributed by atoms with Crippen molar-refractivity contribution in [3.63, 3.8) is 0 Å². The molecule has 0 unspecified atom stereocenters. The lowest BCUT2D eigenvalue weighted by Crippen LogP contribution is -2.20. The first kappa shape index (κ1) is 25.6. The van der Waals surface area contributed by atoms with E-state index in [0.29, 0.717) is 42.2 Å². The molecule has 1 aliphatic rings. The van der Waals surface area contributed by atoms with Crippen LogP contribution in [0.25, 0.3) is 0 Å². The number of halogens is 3. The van der Waals surface area contributed by atoms with E-state index in [4.69, 9.17) is 14.2 Å². The number of methoxy groups -OCH3 is 1. The molecular weight excluding hydrogens is 491 g/mol. The van der Waals surface area contributed by atoms with Crippen LogP contribution in [-0.2, 0) is 6.18 Å². The van der Waals surface area contributed by atoms with Crippen molar-refractivity contribution >= 4 is 29.0 Å². The average molecular weight is 515 g/mol. The highest BCUT2D eigenvalue weighted by molar-refractivity contribution is 6.00. The summed E-state index contributed by atoms with van der Waals surface area (Å²) in [6, 6.07) is 9.41. The van der Waals surface area contributed by atoms with Gasteiger partial charge in [0.2, 0.25) is 5.95 Å². The zero-order valence-electron chi connectivity index (χ0n) is 20.0. The molecule has 9 nitrogen and oxygen atoms in total. The molecule has 0 saturated heterocycles. The Morgan fingerprint density at radius 3 is 2.70 bits per heavy atom. The number of aromatic nitrogens is 2. The Balaban J connectivity index is 1.81. The molecule has 0 saturated carbocycles. The maximum Gasteiger partial charge on any atom is 0.421 e. The van der Waals surface area contributed by atoms with Crippen molar-refractivity contribution in [2.24, 2.45) is 0 Å². The summed E-state index contributed by atoms with van der Waals surface area (Å²) in [5, 5.41) is 8.03. The predicted molar refractivity (Wildman–Crippen MR) is 131 cm³/mol. The molecule has 1 amide bonds. The molecule has 6 bridgehead atoms. The lowest BCUT2D eigenvalue weighted by molar-refractivity contribution is -0.137. The number of fused-ring (bicyclic) bond motifs is 6. The van der Waals surface area contributed by atoms with Crippen LogP contribution in [0.1, 0.15) is 22.3 Å². The minimum Gasteiger partial charge on any atom is -0.493 e. The van der Waals surface area contributed by atoms with Gasteiger partial charge in [-0.05, 0) is 30.7 Å². The first-order valence-electron chi connectivity index (χ1n) is 11.2. The van der Waals surface area contributed by atoms with Crippen molar-refractivity contribution < 1.29 is 32.2 Å². The Morgan fingerprint density at radius 1 is 1.11 bits per heavy atom. The van der Waals surface area contributed by atoms with Crippen LogP contribution in [-0.4, -0.2) is 43.2 Å². The summed E-state index contributed by atoms with van der Waals surface area (Å²) >= 11 is 0. The Morgan fingerprint density at radius 2 is 1.95 bits per heavy atom. The third-order valence-corrected chi connectivity index (χ3v) is 5.28. The maximum absolute atomic E-state index is 13.8. The molecule has 0 aliphatic carbocycles. The molecule has 3 aromatic rings. The van der Waals surface area contributed by atoms with E-state index in [-0.39, 0.29) is 23.8 Å². The number of carbonyl (C=O) groups is 1. The van der Waals surface area contributed by atoms with Gasteiger partial charge in [-0.25, -0.2) is 4.98 Å². The van der Waals surface area contributed by atoms with E-state index < -0.39 is 23.5 Å². The molecule has 3 N–H and O–H groups in total. The fraction of sp³-hybridized carbons (Fsp3) is 0.240. The SMILES string of the molecule is CNC(=O)c1ccc2cc1Nc1nc(ncc1C(F)(F)F)Nc1ccc(OC)c(c1)OC/C=C\CCO2. The molecule has 12 heteroatoms. The first-order chi connectivity index (χ1) is 17.8. The van der Waals surface area contributed by atoms with Gasteiger partial charge in [-0.1, -0.05) is 12.2 Å². The summed E-state index contributed by atoms with van der Waals surface area (Å²) in [4.78, 5) is 20.3. The summed E-state index contributed by atoms with van der Waals surface area (Å²) in [5.74, 6) is 0.118. The zero-order valence-corrected chi connectivity index (χ0v) is 20.0. The molecule has 2 heterocycles. The highest BCUT2D eigenvalue weighted by Gasteiger charge is 2.35. The number of hydrogen-bond acceptors (Lipinski definition) is 8. The van der Waals surface area contributed by atoms with Crippen LogP contribution in [0.2, 0.25) is 0 Å². The number of hydrogen-bond donors (Lipinski definition) is 3. The molecule has 37 heavy (non-hydrogen) atoms. The van der Waals surface area contributed by atoms with Gasteiger partial charge in [-0.2, -0.15) is 18.2 Å². The first-order valence-corrected chi connectivity index (χ1v) is 11.2. The number of benzene rings is 2. The third-order valence-electron chi connectivity index (χ3n) is 5.28. The number of rotatable bonds is 2. The fourth-order valence-electron chi connectivity index (χ4n) is 3.49. The van der Waals surface area contributed by atoms with E-state index in [1.165, 1.54) is 26.3 Å². The van der Waals surface area contributed by atoms with E-state index >= 15 is 0 Å². The molecule has 1 aromatic heterocycles. The summed E-state index contributed by atoms with van der Waals surface area (Å²) < 4.78 is 58.3. The Kier molecular flexibility index (Phi) is 7.66. The predicted octanol–water partition coefficient (Wildman–Crippen LogP) is 5.07. The molecule has 0 spiro atoms. The van der Waals surface area contributed by atoms with Crippen molar-refractivity contribution in [3.8, 4) is 17.2 Å². The van der Waals surface area contributed by atoms with Gasteiger partial charge in [0.05, 0.1) is 25.0 Å². The molecule has 0 radical (unpaired) electrons. The quantitative estimate of drug-likeness (QED) is 0.407. The van der Waals surface area contributed by atoms with Gasteiger partial charge >= 0.3 is 6.18 Å².